The first kappa shape index (κ1) is 57.1. The molecule has 0 spiro atoms. The summed E-state index contributed by atoms with van der Waals surface area (Å²) in [5.74, 6) is -1.12. The number of ether oxygens (including phenoxy) is 2. The van der Waals surface area contributed by atoms with Crippen molar-refractivity contribution in [1.29, 1.82) is 0 Å². The van der Waals surface area contributed by atoms with Crippen LogP contribution in [-0.2, 0) is 32.7 Å². The van der Waals surface area contributed by atoms with Crippen molar-refractivity contribution in [2.75, 3.05) is 13.2 Å². The van der Waals surface area contributed by atoms with Crippen molar-refractivity contribution in [3.05, 3.63) is 36.5 Å². The SMILES string of the molecule is CCCC/C=C\C/C=C\CCCCCCCC(=O)OC(COC(=O)CCCCCCCCC/C=C\CCCCCCCCC)COP(=O)(O)OC1C(O)C(O)C(O)C(O)C1O. The first-order valence-electron chi connectivity index (χ1n) is 23.8. The molecule has 6 unspecified atom stereocenters. The molecular weight excluding hydrogens is 803 g/mol. The van der Waals surface area contributed by atoms with Crippen LogP contribution in [0, 0.1) is 0 Å². The molecule has 0 aromatic heterocycles. The zero-order valence-electron chi connectivity index (χ0n) is 37.7. The van der Waals surface area contributed by atoms with Crippen molar-refractivity contribution < 1.29 is 63.1 Å². The second kappa shape index (κ2) is 37.4. The number of rotatable bonds is 39. The van der Waals surface area contributed by atoms with E-state index in [4.69, 9.17) is 18.5 Å². The Morgan fingerprint density at radius 1 is 0.508 bits per heavy atom. The van der Waals surface area contributed by atoms with Crippen LogP contribution in [0.4, 0.5) is 0 Å². The minimum atomic E-state index is -5.12. The number of allylic oxidation sites excluding steroid dienone is 6. The summed E-state index contributed by atoms with van der Waals surface area (Å²) >= 11 is 0. The van der Waals surface area contributed by atoms with Crippen LogP contribution in [0.3, 0.4) is 0 Å². The zero-order chi connectivity index (χ0) is 45.0. The van der Waals surface area contributed by atoms with Gasteiger partial charge in [0.2, 0.25) is 0 Å². The highest BCUT2D eigenvalue weighted by atomic mass is 31.2. The van der Waals surface area contributed by atoms with Crippen LogP contribution >= 0.6 is 7.82 Å². The largest absolute Gasteiger partial charge is 0.472 e. The van der Waals surface area contributed by atoms with Crippen LogP contribution in [0.2, 0.25) is 0 Å². The summed E-state index contributed by atoms with van der Waals surface area (Å²) in [4.78, 5) is 35.7. The number of hydrogen-bond donors (Lipinski definition) is 6. The molecule has 0 heterocycles. The van der Waals surface area contributed by atoms with Gasteiger partial charge >= 0.3 is 19.8 Å². The van der Waals surface area contributed by atoms with Crippen molar-refractivity contribution in [1.82, 2.24) is 0 Å². The highest BCUT2D eigenvalue weighted by Crippen LogP contribution is 2.47. The van der Waals surface area contributed by atoms with Crippen LogP contribution in [0.1, 0.15) is 194 Å². The Morgan fingerprint density at radius 3 is 1.39 bits per heavy atom. The second-order valence-corrected chi connectivity index (χ2v) is 18.0. The maximum Gasteiger partial charge on any atom is 0.472 e. The average molecular weight is 889 g/mol. The number of hydrogen-bond acceptors (Lipinski definition) is 12. The lowest BCUT2D eigenvalue weighted by Crippen LogP contribution is -2.64. The molecule has 1 aliphatic carbocycles. The predicted octanol–water partition coefficient (Wildman–Crippen LogP) is 9.39. The number of carbonyl (C=O) groups excluding carboxylic acids is 2. The third kappa shape index (κ3) is 30.0. The van der Waals surface area contributed by atoms with Crippen LogP contribution < -0.4 is 0 Å². The smallest absolute Gasteiger partial charge is 0.462 e. The first-order valence-corrected chi connectivity index (χ1v) is 25.3. The highest BCUT2D eigenvalue weighted by Gasteiger charge is 2.51. The van der Waals surface area contributed by atoms with E-state index in [1.54, 1.807) is 0 Å². The van der Waals surface area contributed by atoms with Crippen LogP contribution in [0.25, 0.3) is 0 Å². The number of carbonyl (C=O) groups is 2. The molecule has 0 bridgehead atoms. The monoisotopic (exact) mass is 889 g/mol. The summed E-state index contributed by atoms with van der Waals surface area (Å²) in [6, 6.07) is 0. The summed E-state index contributed by atoms with van der Waals surface area (Å²) in [5.41, 5.74) is 0. The molecule has 0 aliphatic heterocycles. The Morgan fingerprint density at radius 2 is 0.902 bits per heavy atom. The van der Waals surface area contributed by atoms with Gasteiger partial charge in [-0.05, 0) is 64.2 Å². The number of phosphoric ester groups is 1. The predicted molar refractivity (Wildman–Crippen MR) is 240 cm³/mol. The van der Waals surface area contributed by atoms with Crippen molar-refractivity contribution in [2.24, 2.45) is 0 Å². The molecule has 13 nitrogen and oxygen atoms in total. The molecule has 61 heavy (non-hydrogen) atoms. The Labute approximate surface area is 368 Å². The Hall–Kier alpha value is -1.93. The standard InChI is InChI=1S/C47H85O13P/c1-3-5-7-9-11-13-15-17-19-20-21-22-24-25-27-29-31-33-35-40(48)57-37-39(38-58-61(55,56)60-47-45(53)43(51)42(50)44(52)46(47)54)59-41(49)36-34-32-30-28-26-23-18-16-14-12-10-8-6-4-2/h10,12,16,18-20,39,42-47,50-54H,3-9,11,13-15,17,21-38H2,1-2H3,(H,55,56)/b12-10-,18-16-,20-19-. The van der Waals surface area contributed by atoms with Gasteiger partial charge in [0, 0.05) is 12.8 Å². The maximum absolute atomic E-state index is 12.8. The molecule has 0 saturated heterocycles. The van der Waals surface area contributed by atoms with E-state index in [-0.39, 0.29) is 12.8 Å². The fraction of sp³-hybridized carbons (Fsp3) is 0.830. The summed E-state index contributed by atoms with van der Waals surface area (Å²) < 4.78 is 33.5. The first-order chi connectivity index (χ1) is 29.4. The van der Waals surface area contributed by atoms with Gasteiger partial charge in [-0.3, -0.25) is 18.6 Å². The lowest BCUT2D eigenvalue weighted by Gasteiger charge is -2.41. The lowest BCUT2D eigenvalue weighted by atomic mass is 9.85. The maximum atomic E-state index is 12.8. The van der Waals surface area contributed by atoms with Gasteiger partial charge in [0.1, 0.15) is 43.2 Å². The molecule has 0 aromatic carbocycles. The molecule has 1 fully saturated rings. The number of aliphatic hydroxyl groups excluding tert-OH is 5. The fourth-order valence-electron chi connectivity index (χ4n) is 7.06. The van der Waals surface area contributed by atoms with Crippen molar-refractivity contribution in [3.8, 4) is 0 Å². The molecule has 14 heteroatoms. The molecule has 0 aromatic rings. The minimum absolute atomic E-state index is 0.0799. The van der Waals surface area contributed by atoms with Crippen LogP contribution in [0.5, 0.6) is 0 Å². The summed E-state index contributed by atoms with van der Waals surface area (Å²) in [6.07, 6.45) is 29.1. The van der Waals surface area contributed by atoms with E-state index in [9.17, 15) is 44.6 Å². The van der Waals surface area contributed by atoms with Gasteiger partial charge < -0.3 is 39.9 Å². The normalized spacial score (nSPS) is 22.3. The minimum Gasteiger partial charge on any atom is -0.462 e. The van der Waals surface area contributed by atoms with E-state index in [1.165, 1.54) is 77.0 Å². The average Bonchev–Trinajstić information content (AvgIpc) is 3.24. The molecular formula is C47H85O13P. The number of phosphoric acid groups is 1. The highest BCUT2D eigenvalue weighted by molar-refractivity contribution is 7.47. The molecule has 0 radical (unpaired) electrons. The number of esters is 2. The van der Waals surface area contributed by atoms with Gasteiger partial charge in [-0.25, -0.2) is 4.57 Å². The zero-order valence-corrected chi connectivity index (χ0v) is 38.6. The Kier molecular flexibility index (Phi) is 35.0. The third-order valence-electron chi connectivity index (χ3n) is 11.0. The van der Waals surface area contributed by atoms with Crippen molar-refractivity contribution >= 4 is 19.8 Å². The summed E-state index contributed by atoms with van der Waals surface area (Å²) in [5, 5.41) is 50.1. The number of aliphatic hydroxyl groups is 5. The summed E-state index contributed by atoms with van der Waals surface area (Å²) in [6.45, 7) is 3.24. The quantitative estimate of drug-likeness (QED) is 0.0147. The molecule has 6 atom stereocenters. The van der Waals surface area contributed by atoms with E-state index in [1.807, 2.05) is 0 Å². The van der Waals surface area contributed by atoms with Gasteiger partial charge in [-0.15, -0.1) is 0 Å². The second-order valence-electron chi connectivity index (χ2n) is 16.6. The molecule has 1 saturated carbocycles. The van der Waals surface area contributed by atoms with Crippen LogP contribution in [-0.4, -0.2) is 98.3 Å². The Bertz CT molecular complexity index is 1210. The van der Waals surface area contributed by atoms with Gasteiger partial charge in [0.05, 0.1) is 6.61 Å². The lowest BCUT2D eigenvalue weighted by molar-refractivity contribution is -0.220. The van der Waals surface area contributed by atoms with Gasteiger partial charge in [0.25, 0.3) is 0 Å². The van der Waals surface area contributed by atoms with Crippen LogP contribution in [0.15, 0.2) is 36.5 Å². The van der Waals surface area contributed by atoms with Gasteiger partial charge in [0.15, 0.2) is 6.10 Å². The Balaban J connectivity index is 2.44. The van der Waals surface area contributed by atoms with Gasteiger partial charge in [-0.2, -0.15) is 0 Å². The molecule has 1 aliphatic rings. The molecule has 356 valence electrons. The summed E-state index contributed by atoms with van der Waals surface area (Å²) in [7, 11) is -5.12. The number of unbranched alkanes of at least 4 members (excludes halogenated alkanes) is 21. The molecule has 1 rings (SSSR count). The van der Waals surface area contributed by atoms with E-state index in [0.29, 0.717) is 12.8 Å². The fourth-order valence-corrected chi connectivity index (χ4v) is 8.04. The van der Waals surface area contributed by atoms with E-state index >= 15 is 0 Å². The van der Waals surface area contributed by atoms with Crippen molar-refractivity contribution in [3.63, 3.8) is 0 Å². The molecule has 0 amide bonds. The van der Waals surface area contributed by atoms with Crippen molar-refractivity contribution in [2.45, 2.75) is 236 Å². The third-order valence-corrected chi connectivity index (χ3v) is 11.9. The van der Waals surface area contributed by atoms with E-state index in [0.717, 1.165) is 77.0 Å². The van der Waals surface area contributed by atoms with E-state index in [2.05, 4.69) is 50.3 Å². The van der Waals surface area contributed by atoms with E-state index < -0.39 is 75.7 Å². The molecule has 6 N–H and O–H groups in total. The van der Waals surface area contributed by atoms with Gasteiger partial charge in [-0.1, -0.05) is 153 Å². The topological polar surface area (TPSA) is 210 Å².